The Balaban J connectivity index is 1.52. The van der Waals surface area contributed by atoms with Crippen molar-refractivity contribution < 1.29 is 0 Å². The zero-order chi connectivity index (χ0) is 29.6. The van der Waals surface area contributed by atoms with E-state index in [1.54, 1.807) is 0 Å². The Labute approximate surface area is 256 Å². The Hall–Kier alpha value is -6.22. The Morgan fingerprint density at radius 3 is 1.43 bits per heavy atom. The predicted octanol–water partition coefficient (Wildman–Crippen LogP) is 10.9. The molecule has 0 spiro atoms. The van der Waals surface area contributed by atoms with Crippen molar-refractivity contribution in [1.29, 1.82) is 10.5 Å². The summed E-state index contributed by atoms with van der Waals surface area (Å²) in [5.41, 5.74) is 13.8. The molecule has 202 valence electrons. The second kappa shape index (κ2) is 10.2. The highest BCUT2D eigenvalue weighted by atomic mass is 14.4. The summed E-state index contributed by atoms with van der Waals surface area (Å²) in [5.74, 6) is 0. The lowest BCUT2D eigenvalue weighted by molar-refractivity contribution is 1.46. The fraction of sp³-hybridized carbons (Fsp3) is 0. The Kier molecular flexibility index (Phi) is 5.94. The molecule has 0 aromatic heterocycles. The first kappa shape index (κ1) is 25.5. The number of fused-ring (bicyclic) bond motifs is 3. The number of hydrogen-bond acceptors (Lipinski definition) is 2. The minimum absolute atomic E-state index is 0.637. The van der Waals surface area contributed by atoms with Gasteiger partial charge in [0.05, 0.1) is 17.2 Å². The second-order valence-electron chi connectivity index (χ2n) is 11.0. The van der Waals surface area contributed by atoms with Gasteiger partial charge in [-0.3, -0.25) is 0 Å². The molecule has 0 fully saturated rings. The molecule has 2 nitrogen and oxygen atoms in total. The van der Waals surface area contributed by atoms with Crippen LogP contribution in [0.2, 0.25) is 0 Å². The van der Waals surface area contributed by atoms with Crippen molar-refractivity contribution >= 4 is 10.8 Å². The fourth-order valence-corrected chi connectivity index (χ4v) is 6.88. The third kappa shape index (κ3) is 3.80. The molecule has 1 aliphatic carbocycles. The Morgan fingerprint density at radius 2 is 0.818 bits per heavy atom. The molecule has 0 unspecified atom stereocenters. The second-order valence-corrected chi connectivity index (χ2v) is 11.0. The first-order valence-electron chi connectivity index (χ1n) is 14.7. The van der Waals surface area contributed by atoms with Gasteiger partial charge in [-0.05, 0) is 72.5 Å². The van der Waals surface area contributed by atoms with Gasteiger partial charge in [0.1, 0.15) is 6.07 Å². The maximum absolute atomic E-state index is 11.1. The van der Waals surface area contributed by atoms with Crippen LogP contribution in [0.5, 0.6) is 0 Å². The van der Waals surface area contributed by atoms with Gasteiger partial charge in [0.2, 0.25) is 0 Å². The Morgan fingerprint density at radius 1 is 0.341 bits per heavy atom. The average Bonchev–Trinajstić information content (AvgIpc) is 3.43. The van der Waals surface area contributed by atoms with Gasteiger partial charge in [0.25, 0.3) is 0 Å². The number of benzene rings is 7. The van der Waals surface area contributed by atoms with Crippen molar-refractivity contribution in [3.63, 3.8) is 0 Å². The lowest BCUT2D eigenvalue weighted by Gasteiger charge is -2.23. The molecule has 0 N–H and O–H groups in total. The largest absolute Gasteiger partial charge is 0.192 e. The van der Waals surface area contributed by atoms with E-state index in [9.17, 15) is 10.5 Å². The van der Waals surface area contributed by atoms with Gasteiger partial charge in [-0.1, -0.05) is 140 Å². The molecule has 1 aliphatic rings. The molecular formula is C42H24N2. The van der Waals surface area contributed by atoms with Crippen molar-refractivity contribution in [3.05, 3.63) is 157 Å². The van der Waals surface area contributed by atoms with Crippen molar-refractivity contribution in [2.45, 2.75) is 0 Å². The predicted molar refractivity (Wildman–Crippen MR) is 180 cm³/mol. The summed E-state index contributed by atoms with van der Waals surface area (Å²) in [6, 6.07) is 54.7. The summed E-state index contributed by atoms with van der Waals surface area (Å²) in [7, 11) is 0. The van der Waals surface area contributed by atoms with Crippen LogP contribution in [0.1, 0.15) is 11.1 Å². The number of nitriles is 2. The van der Waals surface area contributed by atoms with E-state index in [-0.39, 0.29) is 0 Å². The van der Waals surface area contributed by atoms with E-state index in [4.69, 9.17) is 0 Å². The molecule has 44 heavy (non-hydrogen) atoms. The van der Waals surface area contributed by atoms with Gasteiger partial charge in [0.15, 0.2) is 0 Å². The molecule has 0 atom stereocenters. The molecule has 7 aromatic rings. The Bertz CT molecular complexity index is 2310. The van der Waals surface area contributed by atoms with Gasteiger partial charge in [-0.25, -0.2) is 0 Å². The monoisotopic (exact) mass is 556 g/mol. The fourth-order valence-electron chi connectivity index (χ4n) is 6.88. The van der Waals surface area contributed by atoms with Crippen LogP contribution < -0.4 is 0 Å². The maximum Gasteiger partial charge on any atom is 0.100 e. The summed E-state index contributed by atoms with van der Waals surface area (Å²) in [5, 5.41) is 23.2. The number of hydrogen-bond donors (Lipinski definition) is 0. The van der Waals surface area contributed by atoms with Crippen LogP contribution in [0, 0.1) is 22.7 Å². The van der Waals surface area contributed by atoms with E-state index in [1.807, 2.05) is 48.5 Å². The molecule has 7 aromatic carbocycles. The molecule has 0 aliphatic heterocycles. The van der Waals surface area contributed by atoms with Crippen LogP contribution in [0.15, 0.2) is 146 Å². The molecular weight excluding hydrogens is 532 g/mol. The molecule has 0 radical (unpaired) electrons. The average molecular weight is 557 g/mol. The zero-order valence-corrected chi connectivity index (χ0v) is 23.8. The van der Waals surface area contributed by atoms with Crippen LogP contribution in [-0.4, -0.2) is 0 Å². The van der Waals surface area contributed by atoms with Crippen molar-refractivity contribution in [1.82, 2.24) is 0 Å². The highest BCUT2D eigenvalue weighted by molar-refractivity contribution is 6.23. The van der Waals surface area contributed by atoms with Gasteiger partial charge in [-0.2, -0.15) is 10.5 Å². The molecule has 0 heterocycles. The number of rotatable bonds is 4. The summed E-state index contributed by atoms with van der Waals surface area (Å²) in [6.45, 7) is 0. The molecule has 8 rings (SSSR count). The third-order valence-electron chi connectivity index (χ3n) is 8.71. The van der Waals surface area contributed by atoms with Crippen LogP contribution in [0.25, 0.3) is 77.5 Å². The van der Waals surface area contributed by atoms with E-state index < -0.39 is 0 Å². The summed E-state index contributed by atoms with van der Waals surface area (Å²) in [6.07, 6.45) is 0. The van der Waals surface area contributed by atoms with Crippen LogP contribution in [-0.2, 0) is 0 Å². The maximum atomic E-state index is 11.1. The number of nitrogens with zero attached hydrogens (tertiary/aromatic N) is 2. The summed E-state index contributed by atoms with van der Waals surface area (Å²) < 4.78 is 0. The summed E-state index contributed by atoms with van der Waals surface area (Å²) in [4.78, 5) is 0. The van der Waals surface area contributed by atoms with Gasteiger partial charge in [0, 0.05) is 11.1 Å². The summed E-state index contributed by atoms with van der Waals surface area (Å²) >= 11 is 0. The molecule has 0 amide bonds. The van der Waals surface area contributed by atoms with Crippen molar-refractivity contribution in [2.75, 3.05) is 0 Å². The van der Waals surface area contributed by atoms with Gasteiger partial charge in [-0.15, -0.1) is 0 Å². The van der Waals surface area contributed by atoms with Crippen molar-refractivity contribution in [3.8, 4) is 78.9 Å². The normalized spacial score (nSPS) is 11.1. The van der Waals surface area contributed by atoms with Crippen LogP contribution in [0.3, 0.4) is 0 Å². The van der Waals surface area contributed by atoms with E-state index in [1.165, 1.54) is 16.3 Å². The topological polar surface area (TPSA) is 47.6 Å². The minimum Gasteiger partial charge on any atom is -0.192 e. The highest BCUT2D eigenvalue weighted by Gasteiger charge is 2.33. The smallest absolute Gasteiger partial charge is 0.100 e. The quantitative estimate of drug-likeness (QED) is 0.216. The molecule has 0 bridgehead atoms. The minimum atomic E-state index is 0.637. The SMILES string of the molecule is N#Cc1ccccc1-c1ccc(-c2c(C#N)c(-c3ccccc3)c3c(c2-c2ccccc2)-c2cccc4cccc-3c24)cc1. The molecule has 0 saturated heterocycles. The standard InChI is InChI=1S/C42H24N2/c43-25-32-15-7-8-18-33(32)27-21-23-31(24-22-27)38-36(26-44)39(29-11-3-1-4-12-29)41-34-19-9-16-28-17-10-20-35(37(28)34)42(41)40(38)30-13-5-2-6-14-30/h1-24H. The van der Waals surface area contributed by atoms with E-state index >= 15 is 0 Å². The van der Waals surface area contributed by atoms with E-state index in [2.05, 4.69) is 109 Å². The lowest BCUT2D eigenvalue weighted by atomic mass is 9.78. The lowest BCUT2D eigenvalue weighted by Crippen LogP contribution is -1.99. The van der Waals surface area contributed by atoms with Gasteiger partial charge < -0.3 is 0 Å². The first-order valence-corrected chi connectivity index (χ1v) is 14.7. The van der Waals surface area contributed by atoms with Crippen LogP contribution >= 0.6 is 0 Å². The molecule has 2 heteroatoms. The highest BCUT2D eigenvalue weighted by Crippen LogP contribution is 2.58. The zero-order valence-electron chi connectivity index (χ0n) is 23.8. The van der Waals surface area contributed by atoms with Gasteiger partial charge >= 0.3 is 0 Å². The van der Waals surface area contributed by atoms with Crippen molar-refractivity contribution in [2.24, 2.45) is 0 Å². The van der Waals surface area contributed by atoms with E-state index in [0.717, 1.165) is 61.2 Å². The molecule has 0 saturated carbocycles. The van der Waals surface area contributed by atoms with Crippen LogP contribution in [0.4, 0.5) is 0 Å². The van der Waals surface area contributed by atoms with E-state index in [0.29, 0.717) is 11.1 Å². The first-order chi connectivity index (χ1) is 21.8. The third-order valence-corrected chi connectivity index (χ3v) is 8.71.